The molecule has 1 aliphatic heterocycles. The van der Waals surface area contributed by atoms with Crippen LogP contribution < -0.4 is 4.72 Å². The van der Waals surface area contributed by atoms with Gasteiger partial charge in [-0.25, -0.2) is 4.72 Å². The van der Waals surface area contributed by atoms with Gasteiger partial charge in [0.05, 0.1) is 13.2 Å². The number of hydrogen-bond donors (Lipinski definition) is 1. The summed E-state index contributed by atoms with van der Waals surface area (Å²) in [4.78, 5) is 0. The zero-order valence-corrected chi connectivity index (χ0v) is 12.9. The summed E-state index contributed by atoms with van der Waals surface area (Å²) in [6.07, 6.45) is 3.25. The molecule has 0 amide bonds. The van der Waals surface area contributed by atoms with Crippen molar-refractivity contribution in [3.63, 3.8) is 0 Å². The Morgan fingerprint density at radius 3 is 2.38 bits per heavy atom. The molecule has 0 radical (unpaired) electrons. The summed E-state index contributed by atoms with van der Waals surface area (Å²) in [7, 11) is -3.40. The summed E-state index contributed by atoms with van der Waals surface area (Å²) in [5, 5.41) is 0. The van der Waals surface area contributed by atoms with E-state index in [0.29, 0.717) is 32.8 Å². The molecule has 21 heavy (non-hydrogen) atoms. The fraction of sp³-hybridized carbons (Fsp3) is 0.600. The van der Waals surface area contributed by atoms with Crippen molar-refractivity contribution in [2.45, 2.75) is 24.7 Å². The topological polar surface area (TPSA) is 58.6 Å². The standard InChI is InChI=1S/C15H22N2O3S/c18-21(19,17-9-11-20-12-10-17)16-13-15(7-4-8-15)14-5-2-1-3-6-14/h1-3,5-6,16H,4,7-13H2. The fourth-order valence-electron chi connectivity index (χ4n) is 3.07. The van der Waals surface area contributed by atoms with E-state index in [0.717, 1.165) is 19.3 Å². The van der Waals surface area contributed by atoms with Crippen molar-refractivity contribution in [2.24, 2.45) is 0 Å². The Morgan fingerprint density at radius 2 is 1.81 bits per heavy atom. The van der Waals surface area contributed by atoms with Crippen LogP contribution in [-0.2, 0) is 20.4 Å². The van der Waals surface area contributed by atoms with E-state index in [-0.39, 0.29) is 5.41 Å². The Bertz CT molecular complexity index is 564. The second-order valence-corrected chi connectivity index (χ2v) is 7.59. The highest BCUT2D eigenvalue weighted by atomic mass is 32.2. The average Bonchev–Trinajstić information content (AvgIpc) is 2.48. The molecule has 3 rings (SSSR count). The first-order chi connectivity index (χ1) is 10.1. The van der Waals surface area contributed by atoms with E-state index in [4.69, 9.17) is 4.74 Å². The van der Waals surface area contributed by atoms with Crippen LogP contribution in [0.25, 0.3) is 0 Å². The van der Waals surface area contributed by atoms with Crippen LogP contribution in [-0.4, -0.2) is 45.6 Å². The number of benzene rings is 1. The van der Waals surface area contributed by atoms with E-state index in [1.807, 2.05) is 18.2 Å². The first-order valence-corrected chi connectivity index (χ1v) is 8.94. The minimum Gasteiger partial charge on any atom is -0.379 e. The van der Waals surface area contributed by atoms with Gasteiger partial charge in [-0.3, -0.25) is 0 Å². The highest BCUT2D eigenvalue weighted by Gasteiger charge is 2.40. The smallest absolute Gasteiger partial charge is 0.279 e. The molecule has 1 aromatic rings. The predicted molar refractivity (Wildman–Crippen MR) is 81.3 cm³/mol. The second kappa shape index (κ2) is 6.04. The van der Waals surface area contributed by atoms with Crippen LogP contribution in [0.2, 0.25) is 0 Å². The van der Waals surface area contributed by atoms with E-state index in [1.165, 1.54) is 9.87 Å². The lowest BCUT2D eigenvalue weighted by Gasteiger charge is -2.43. The van der Waals surface area contributed by atoms with Gasteiger partial charge in [0.1, 0.15) is 0 Å². The molecule has 1 saturated heterocycles. The number of rotatable bonds is 5. The van der Waals surface area contributed by atoms with Crippen molar-refractivity contribution in [2.75, 3.05) is 32.8 Å². The zero-order valence-electron chi connectivity index (χ0n) is 12.1. The maximum Gasteiger partial charge on any atom is 0.279 e. The highest BCUT2D eigenvalue weighted by Crippen LogP contribution is 2.43. The highest BCUT2D eigenvalue weighted by molar-refractivity contribution is 7.87. The third kappa shape index (κ3) is 3.13. The minimum absolute atomic E-state index is 0.0272. The van der Waals surface area contributed by atoms with Crippen molar-refractivity contribution in [3.05, 3.63) is 35.9 Å². The van der Waals surface area contributed by atoms with Gasteiger partial charge in [0.15, 0.2) is 0 Å². The summed E-state index contributed by atoms with van der Waals surface area (Å²) in [6.45, 7) is 2.31. The normalized spacial score (nSPS) is 22.7. The lowest BCUT2D eigenvalue weighted by atomic mass is 9.64. The largest absolute Gasteiger partial charge is 0.379 e. The molecular weight excluding hydrogens is 288 g/mol. The van der Waals surface area contributed by atoms with Crippen molar-refractivity contribution in [3.8, 4) is 0 Å². The molecule has 1 aromatic carbocycles. The summed E-state index contributed by atoms with van der Waals surface area (Å²) in [5.74, 6) is 0. The maximum atomic E-state index is 12.4. The van der Waals surface area contributed by atoms with Gasteiger partial charge in [-0.2, -0.15) is 12.7 Å². The first kappa shape index (κ1) is 15.0. The quantitative estimate of drug-likeness (QED) is 0.891. The minimum atomic E-state index is -3.40. The number of morpholine rings is 1. The van der Waals surface area contributed by atoms with E-state index in [9.17, 15) is 8.42 Å². The van der Waals surface area contributed by atoms with Crippen LogP contribution in [0.1, 0.15) is 24.8 Å². The lowest BCUT2D eigenvalue weighted by molar-refractivity contribution is 0.0722. The molecule has 1 saturated carbocycles. The third-order valence-electron chi connectivity index (χ3n) is 4.60. The summed E-state index contributed by atoms with van der Waals surface area (Å²) >= 11 is 0. The lowest BCUT2D eigenvalue weighted by Crippen LogP contribution is -2.51. The molecule has 2 aliphatic rings. The first-order valence-electron chi connectivity index (χ1n) is 7.50. The Morgan fingerprint density at radius 1 is 1.14 bits per heavy atom. The molecule has 1 N–H and O–H groups in total. The molecule has 5 nitrogen and oxygen atoms in total. The Balaban J connectivity index is 1.68. The summed E-state index contributed by atoms with van der Waals surface area (Å²) in [6, 6.07) is 10.2. The maximum absolute atomic E-state index is 12.4. The van der Waals surface area contributed by atoms with Crippen LogP contribution >= 0.6 is 0 Å². The van der Waals surface area contributed by atoms with Gasteiger partial charge in [0, 0.05) is 25.0 Å². The van der Waals surface area contributed by atoms with Gasteiger partial charge in [0.25, 0.3) is 10.2 Å². The van der Waals surface area contributed by atoms with Crippen LogP contribution in [0, 0.1) is 0 Å². The van der Waals surface area contributed by atoms with Crippen LogP contribution in [0.4, 0.5) is 0 Å². The van der Waals surface area contributed by atoms with Crippen molar-refractivity contribution >= 4 is 10.2 Å². The van der Waals surface area contributed by atoms with Crippen LogP contribution in [0.15, 0.2) is 30.3 Å². The molecule has 116 valence electrons. The zero-order chi connectivity index (χ0) is 14.8. The molecule has 0 spiro atoms. The van der Waals surface area contributed by atoms with Gasteiger partial charge in [-0.1, -0.05) is 36.8 Å². The van der Waals surface area contributed by atoms with Crippen LogP contribution in [0.3, 0.4) is 0 Å². The molecule has 1 heterocycles. The van der Waals surface area contributed by atoms with Gasteiger partial charge >= 0.3 is 0 Å². The van der Waals surface area contributed by atoms with E-state index in [2.05, 4.69) is 16.9 Å². The average molecular weight is 310 g/mol. The Labute approximate surface area is 126 Å². The number of hydrogen-bond acceptors (Lipinski definition) is 3. The van der Waals surface area contributed by atoms with E-state index >= 15 is 0 Å². The SMILES string of the molecule is O=S(=O)(NCC1(c2ccccc2)CCC1)N1CCOCC1. The number of nitrogens with zero attached hydrogens (tertiary/aromatic N) is 1. The van der Waals surface area contributed by atoms with Gasteiger partial charge < -0.3 is 4.74 Å². The molecular formula is C15H22N2O3S. The van der Waals surface area contributed by atoms with Gasteiger partial charge in [0.2, 0.25) is 0 Å². The van der Waals surface area contributed by atoms with Crippen molar-refractivity contribution in [1.29, 1.82) is 0 Å². The fourth-order valence-corrected chi connectivity index (χ4v) is 4.34. The molecule has 1 aliphatic carbocycles. The molecule has 0 aromatic heterocycles. The Hall–Kier alpha value is -0.950. The van der Waals surface area contributed by atoms with Gasteiger partial charge in [-0.15, -0.1) is 0 Å². The predicted octanol–water partition coefficient (Wildman–Crippen LogP) is 1.27. The van der Waals surface area contributed by atoms with Crippen molar-refractivity contribution in [1.82, 2.24) is 9.03 Å². The van der Waals surface area contributed by atoms with E-state index in [1.54, 1.807) is 0 Å². The number of ether oxygens (including phenoxy) is 1. The molecule has 2 fully saturated rings. The van der Waals surface area contributed by atoms with E-state index < -0.39 is 10.2 Å². The van der Waals surface area contributed by atoms with Crippen molar-refractivity contribution < 1.29 is 13.2 Å². The van der Waals surface area contributed by atoms with Crippen LogP contribution in [0.5, 0.6) is 0 Å². The second-order valence-electron chi connectivity index (χ2n) is 5.84. The van der Waals surface area contributed by atoms with Gasteiger partial charge in [-0.05, 0) is 18.4 Å². The molecule has 0 unspecified atom stereocenters. The molecule has 6 heteroatoms. The number of nitrogens with one attached hydrogen (secondary N) is 1. The summed E-state index contributed by atoms with van der Waals surface area (Å²) in [5.41, 5.74) is 1.21. The third-order valence-corrected chi connectivity index (χ3v) is 6.15. The molecule has 0 atom stereocenters. The Kier molecular flexibility index (Phi) is 4.31. The monoisotopic (exact) mass is 310 g/mol. The molecule has 0 bridgehead atoms. The summed E-state index contributed by atoms with van der Waals surface area (Å²) < 4.78 is 34.2.